The standard InChI is InChI=1S/C14H25NO2/c1-2-11-5-6-13(8-11)15-7-3-4-12(10-15)9-14(16)17/h11-13H,2-10H2,1H3,(H,16,17). The minimum absolute atomic E-state index is 0.362. The van der Waals surface area contributed by atoms with E-state index in [0.717, 1.165) is 24.9 Å². The number of piperidine rings is 1. The molecule has 2 aliphatic rings. The number of likely N-dealkylation sites (tertiary alicyclic amines) is 1. The van der Waals surface area contributed by atoms with Gasteiger partial charge >= 0.3 is 5.97 Å². The second-order valence-electron chi connectivity index (χ2n) is 5.84. The van der Waals surface area contributed by atoms with Crippen molar-refractivity contribution in [3.63, 3.8) is 0 Å². The summed E-state index contributed by atoms with van der Waals surface area (Å²) in [4.78, 5) is 13.4. The molecule has 0 aromatic heterocycles. The second kappa shape index (κ2) is 5.85. The molecule has 0 amide bonds. The molecule has 0 radical (unpaired) electrons. The molecule has 2 fully saturated rings. The molecule has 17 heavy (non-hydrogen) atoms. The van der Waals surface area contributed by atoms with E-state index in [1.54, 1.807) is 0 Å². The lowest BCUT2D eigenvalue weighted by Crippen LogP contribution is -2.42. The Morgan fingerprint density at radius 1 is 1.29 bits per heavy atom. The number of hydrogen-bond acceptors (Lipinski definition) is 2. The average Bonchev–Trinajstić information content (AvgIpc) is 2.77. The van der Waals surface area contributed by atoms with Crippen LogP contribution in [0.25, 0.3) is 0 Å². The summed E-state index contributed by atoms with van der Waals surface area (Å²) >= 11 is 0. The van der Waals surface area contributed by atoms with E-state index in [2.05, 4.69) is 11.8 Å². The van der Waals surface area contributed by atoms with Gasteiger partial charge in [-0.05, 0) is 50.5 Å². The van der Waals surface area contributed by atoms with Gasteiger partial charge in [-0.1, -0.05) is 13.3 Å². The van der Waals surface area contributed by atoms with Crippen LogP contribution in [0, 0.1) is 11.8 Å². The first-order chi connectivity index (χ1) is 8.19. The van der Waals surface area contributed by atoms with Gasteiger partial charge in [0, 0.05) is 19.0 Å². The number of rotatable bonds is 4. The van der Waals surface area contributed by atoms with Crippen molar-refractivity contribution in [2.75, 3.05) is 13.1 Å². The molecular formula is C14H25NO2. The van der Waals surface area contributed by atoms with Crippen LogP contribution in [-0.2, 0) is 4.79 Å². The zero-order valence-electron chi connectivity index (χ0n) is 10.9. The number of aliphatic carboxylic acids is 1. The van der Waals surface area contributed by atoms with Gasteiger partial charge in [0.1, 0.15) is 0 Å². The van der Waals surface area contributed by atoms with Gasteiger partial charge in [0.15, 0.2) is 0 Å². The van der Waals surface area contributed by atoms with Crippen LogP contribution in [0.1, 0.15) is 51.9 Å². The smallest absolute Gasteiger partial charge is 0.303 e. The van der Waals surface area contributed by atoms with Gasteiger partial charge in [-0.3, -0.25) is 4.79 Å². The van der Waals surface area contributed by atoms with Crippen LogP contribution >= 0.6 is 0 Å². The van der Waals surface area contributed by atoms with E-state index in [9.17, 15) is 4.79 Å². The monoisotopic (exact) mass is 239 g/mol. The summed E-state index contributed by atoms with van der Waals surface area (Å²) in [6.07, 6.45) is 8.01. The molecule has 0 aromatic rings. The Hall–Kier alpha value is -0.570. The van der Waals surface area contributed by atoms with Crippen molar-refractivity contribution in [3.05, 3.63) is 0 Å². The molecule has 3 unspecified atom stereocenters. The number of hydrogen-bond donors (Lipinski definition) is 1. The highest BCUT2D eigenvalue weighted by atomic mass is 16.4. The molecule has 0 spiro atoms. The number of carboxylic acid groups (broad SMARTS) is 1. The van der Waals surface area contributed by atoms with Crippen molar-refractivity contribution in [2.45, 2.75) is 57.9 Å². The van der Waals surface area contributed by atoms with E-state index in [-0.39, 0.29) is 0 Å². The lowest BCUT2D eigenvalue weighted by atomic mass is 9.93. The summed E-state index contributed by atoms with van der Waals surface area (Å²) in [5.74, 6) is 0.677. The summed E-state index contributed by atoms with van der Waals surface area (Å²) in [7, 11) is 0. The van der Waals surface area contributed by atoms with Crippen LogP contribution in [0.5, 0.6) is 0 Å². The molecule has 0 bridgehead atoms. The lowest BCUT2D eigenvalue weighted by molar-refractivity contribution is -0.138. The number of carboxylic acids is 1. The fraction of sp³-hybridized carbons (Fsp3) is 0.929. The minimum atomic E-state index is -0.630. The van der Waals surface area contributed by atoms with Gasteiger partial charge in [-0.15, -0.1) is 0 Å². The fourth-order valence-corrected chi connectivity index (χ4v) is 3.59. The molecule has 1 saturated heterocycles. The summed E-state index contributed by atoms with van der Waals surface area (Å²) in [6, 6.07) is 0.747. The van der Waals surface area contributed by atoms with Crippen LogP contribution < -0.4 is 0 Å². The molecular weight excluding hydrogens is 214 g/mol. The second-order valence-corrected chi connectivity index (χ2v) is 5.84. The maximum absolute atomic E-state index is 10.8. The molecule has 2 rings (SSSR count). The van der Waals surface area contributed by atoms with Gasteiger partial charge in [0.05, 0.1) is 0 Å². The van der Waals surface area contributed by atoms with Crippen LogP contribution in [0.15, 0.2) is 0 Å². The van der Waals surface area contributed by atoms with Crippen molar-refractivity contribution in [1.82, 2.24) is 4.90 Å². The third-order valence-electron chi connectivity index (χ3n) is 4.62. The molecule has 1 N–H and O–H groups in total. The van der Waals surface area contributed by atoms with Crippen LogP contribution in [0.3, 0.4) is 0 Å². The Bertz CT molecular complexity index is 267. The summed E-state index contributed by atoms with van der Waals surface area (Å²) in [5.41, 5.74) is 0. The van der Waals surface area contributed by atoms with Gasteiger partial charge in [0.25, 0.3) is 0 Å². The first kappa shape index (κ1) is 12.9. The first-order valence-corrected chi connectivity index (χ1v) is 7.15. The summed E-state index contributed by atoms with van der Waals surface area (Å²) in [6.45, 7) is 4.50. The van der Waals surface area contributed by atoms with E-state index in [1.807, 2.05) is 0 Å². The van der Waals surface area contributed by atoms with E-state index in [0.29, 0.717) is 12.3 Å². The van der Waals surface area contributed by atoms with E-state index in [1.165, 1.54) is 38.6 Å². The third-order valence-corrected chi connectivity index (χ3v) is 4.62. The molecule has 1 aliphatic carbocycles. The fourth-order valence-electron chi connectivity index (χ4n) is 3.59. The topological polar surface area (TPSA) is 40.5 Å². The predicted molar refractivity (Wildman–Crippen MR) is 68.0 cm³/mol. The van der Waals surface area contributed by atoms with Crippen molar-refractivity contribution in [1.29, 1.82) is 0 Å². The van der Waals surface area contributed by atoms with E-state index in [4.69, 9.17) is 5.11 Å². The molecule has 3 heteroatoms. The quantitative estimate of drug-likeness (QED) is 0.820. The minimum Gasteiger partial charge on any atom is -0.481 e. The predicted octanol–water partition coefficient (Wildman–Crippen LogP) is 2.75. The van der Waals surface area contributed by atoms with Gasteiger partial charge in [-0.25, -0.2) is 0 Å². The summed E-state index contributed by atoms with van der Waals surface area (Å²) in [5, 5.41) is 8.88. The van der Waals surface area contributed by atoms with Crippen molar-refractivity contribution in [2.24, 2.45) is 11.8 Å². The van der Waals surface area contributed by atoms with Crippen LogP contribution in [0.2, 0.25) is 0 Å². The third kappa shape index (κ3) is 3.44. The maximum Gasteiger partial charge on any atom is 0.303 e. The van der Waals surface area contributed by atoms with E-state index < -0.39 is 5.97 Å². The van der Waals surface area contributed by atoms with Crippen LogP contribution in [-0.4, -0.2) is 35.1 Å². The highest BCUT2D eigenvalue weighted by Crippen LogP contribution is 2.33. The largest absolute Gasteiger partial charge is 0.481 e. The molecule has 1 saturated carbocycles. The Balaban J connectivity index is 1.83. The van der Waals surface area contributed by atoms with Crippen molar-refractivity contribution in [3.8, 4) is 0 Å². The molecule has 3 nitrogen and oxygen atoms in total. The molecule has 1 heterocycles. The molecule has 98 valence electrons. The Morgan fingerprint density at radius 2 is 2.12 bits per heavy atom. The van der Waals surface area contributed by atoms with Crippen LogP contribution in [0.4, 0.5) is 0 Å². The average molecular weight is 239 g/mol. The SMILES string of the molecule is CCC1CCC(N2CCCC(CC(=O)O)C2)C1. The highest BCUT2D eigenvalue weighted by molar-refractivity contribution is 5.67. The zero-order valence-corrected chi connectivity index (χ0v) is 10.9. The molecule has 3 atom stereocenters. The molecule has 1 aliphatic heterocycles. The van der Waals surface area contributed by atoms with Gasteiger partial charge in [-0.2, -0.15) is 0 Å². The van der Waals surface area contributed by atoms with Crippen molar-refractivity contribution >= 4 is 5.97 Å². The number of nitrogens with zero attached hydrogens (tertiary/aromatic N) is 1. The van der Waals surface area contributed by atoms with E-state index >= 15 is 0 Å². The van der Waals surface area contributed by atoms with Gasteiger partial charge in [0.2, 0.25) is 0 Å². The van der Waals surface area contributed by atoms with Crippen molar-refractivity contribution < 1.29 is 9.90 Å². The Labute approximate surface area is 104 Å². The summed E-state index contributed by atoms with van der Waals surface area (Å²) < 4.78 is 0. The highest BCUT2D eigenvalue weighted by Gasteiger charge is 2.31. The molecule has 0 aromatic carbocycles. The Kier molecular flexibility index (Phi) is 4.43. The normalized spacial score (nSPS) is 35.0. The Morgan fingerprint density at radius 3 is 2.76 bits per heavy atom. The first-order valence-electron chi connectivity index (χ1n) is 7.15. The lowest BCUT2D eigenvalue weighted by Gasteiger charge is -2.36. The van der Waals surface area contributed by atoms with Gasteiger partial charge < -0.3 is 10.0 Å². The maximum atomic E-state index is 10.8. The zero-order chi connectivity index (χ0) is 12.3. The number of carbonyl (C=O) groups is 1.